The van der Waals surface area contributed by atoms with Crippen molar-refractivity contribution >= 4 is 5.69 Å². The van der Waals surface area contributed by atoms with E-state index < -0.39 is 0 Å². The van der Waals surface area contributed by atoms with E-state index in [4.69, 9.17) is 11.5 Å². The molecule has 1 rings (SSSR count). The van der Waals surface area contributed by atoms with E-state index in [1.54, 1.807) is 0 Å². The lowest BCUT2D eigenvalue weighted by molar-refractivity contribution is 0.812. The summed E-state index contributed by atoms with van der Waals surface area (Å²) in [5.41, 5.74) is 16.5. The van der Waals surface area contributed by atoms with E-state index in [1.807, 2.05) is 6.92 Å². The summed E-state index contributed by atoms with van der Waals surface area (Å²) in [6.07, 6.45) is 1.94. The molecule has 0 bridgehead atoms. The number of benzene rings is 1. The second-order valence-electron chi connectivity index (χ2n) is 3.75. The highest BCUT2D eigenvalue weighted by Crippen LogP contribution is 2.24. The first-order chi connectivity index (χ1) is 6.60. The molecule has 78 valence electrons. The highest BCUT2D eigenvalue weighted by atomic mass is 14.6. The van der Waals surface area contributed by atoms with Crippen LogP contribution >= 0.6 is 0 Å². The number of aryl methyl sites for hydroxylation is 2. The van der Waals surface area contributed by atoms with Crippen molar-refractivity contribution in [2.45, 2.75) is 39.7 Å². The quantitative estimate of drug-likeness (QED) is 0.723. The summed E-state index contributed by atoms with van der Waals surface area (Å²) in [5, 5.41) is 0. The van der Waals surface area contributed by atoms with Gasteiger partial charge >= 0.3 is 0 Å². The van der Waals surface area contributed by atoms with Crippen molar-refractivity contribution < 1.29 is 0 Å². The lowest BCUT2D eigenvalue weighted by Gasteiger charge is -2.14. The summed E-state index contributed by atoms with van der Waals surface area (Å²) in [6.45, 7) is 6.25. The lowest BCUT2D eigenvalue weighted by atomic mass is 9.97. The molecular formula is C12H20N2. The Bertz CT molecular complexity index is 291. The molecule has 0 fully saturated rings. The molecule has 0 heterocycles. The number of nitrogens with two attached hydrogens (primary N) is 2. The van der Waals surface area contributed by atoms with Crippen LogP contribution in [0.2, 0.25) is 0 Å². The number of hydrogen-bond acceptors (Lipinski definition) is 2. The Morgan fingerprint density at radius 3 is 1.86 bits per heavy atom. The third-order valence-electron chi connectivity index (χ3n) is 2.66. The molecule has 0 radical (unpaired) electrons. The Kier molecular flexibility index (Phi) is 3.53. The molecule has 14 heavy (non-hydrogen) atoms. The van der Waals surface area contributed by atoms with Crippen LogP contribution in [-0.4, -0.2) is 0 Å². The average molecular weight is 192 g/mol. The minimum Gasteiger partial charge on any atom is -0.398 e. The Hall–Kier alpha value is -1.02. The smallest absolute Gasteiger partial charge is 0.0379 e. The van der Waals surface area contributed by atoms with Crippen LogP contribution in [0, 0.1) is 0 Å². The van der Waals surface area contributed by atoms with Crippen LogP contribution in [0.4, 0.5) is 5.69 Å². The van der Waals surface area contributed by atoms with Crippen molar-refractivity contribution in [2.24, 2.45) is 5.73 Å². The van der Waals surface area contributed by atoms with E-state index in [0.29, 0.717) is 0 Å². The van der Waals surface area contributed by atoms with Gasteiger partial charge in [-0.15, -0.1) is 0 Å². The van der Waals surface area contributed by atoms with E-state index in [1.165, 1.54) is 16.7 Å². The molecule has 4 N–H and O–H groups in total. The van der Waals surface area contributed by atoms with Crippen LogP contribution in [0.25, 0.3) is 0 Å². The first-order valence-electron chi connectivity index (χ1n) is 5.26. The lowest BCUT2D eigenvalue weighted by Crippen LogP contribution is -2.08. The van der Waals surface area contributed by atoms with Gasteiger partial charge in [0.15, 0.2) is 0 Å². The highest BCUT2D eigenvalue weighted by molar-refractivity contribution is 5.56. The zero-order chi connectivity index (χ0) is 10.7. The molecule has 1 aromatic carbocycles. The van der Waals surface area contributed by atoms with Crippen LogP contribution in [0.5, 0.6) is 0 Å². The minimum absolute atomic E-state index is 0.0891. The van der Waals surface area contributed by atoms with Crippen molar-refractivity contribution in [3.05, 3.63) is 28.8 Å². The summed E-state index contributed by atoms with van der Waals surface area (Å²) in [4.78, 5) is 0. The summed E-state index contributed by atoms with van der Waals surface area (Å²) < 4.78 is 0. The van der Waals surface area contributed by atoms with Gasteiger partial charge in [-0.2, -0.15) is 0 Å². The molecule has 0 aliphatic carbocycles. The topological polar surface area (TPSA) is 52.0 Å². The number of nitrogen functional groups attached to an aromatic ring is 1. The SMILES string of the molecule is CCc1cc([C@@H](C)N)cc(CC)c1N. The monoisotopic (exact) mass is 192 g/mol. The van der Waals surface area contributed by atoms with E-state index in [-0.39, 0.29) is 6.04 Å². The summed E-state index contributed by atoms with van der Waals surface area (Å²) in [6, 6.07) is 4.34. The van der Waals surface area contributed by atoms with Crippen LogP contribution in [0.3, 0.4) is 0 Å². The maximum absolute atomic E-state index is 6.03. The molecule has 0 aromatic heterocycles. The Labute approximate surface area is 86.3 Å². The Morgan fingerprint density at radius 2 is 1.57 bits per heavy atom. The van der Waals surface area contributed by atoms with E-state index >= 15 is 0 Å². The fraction of sp³-hybridized carbons (Fsp3) is 0.500. The van der Waals surface area contributed by atoms with E-state index in [9.17, 15) is 0 Å². The average Bonchev–Trinajstić information content (AvgIpc) is 2.17. The van der Waals surface area contributed by atoms with Crippen molar-refractivity contribution in [1.82, 2.24) is 0 Å². The Balaban J connectivity index is 3.25. The first kappa shape index (κ1) is 11.1. The van der Waals surface area contributed by atoms with Crippen molar-refractivity contribution in [3.63, 3.8) is 0 Å². The number of hydrogen-bond donors (Lipinski definition) is 2. The minimum atomic E-state index is 0.0891. The summed E-state index contributed by atoms with van der Waals surface area (Å²) in [7, 11) is 0. The van der Waals surface area contributed by atoms with Crippen molar-refractivity contribution in [3.8, 4) is 0 Å². The maximum Gasteiger partial charge on any atom is 0.0379 e. The largest absolute Gasteiger partial charge is 0.398 e. The predicted molar refractivity (Wildman–Crippen MR) is 62.2 cm³/mol. The van der Waals surface area contributed by atoms with Gasteiger partial charge in [0.05, 0.1) is 0 Å². The van der Waals surface area contributed by atoms with E-state index in [0.717, 1.165) is 18.5 Å². The van der Waals surface area contributed by atoms with Crippen LogP contribution in [0.15, 0.2) is 12.1 Å². The van der Waals surface area contributed by atoms with Gasteiger partial charge in [-0.25, -0.2) is 0 Å². The molecule has 0 saturated carbocycles. The second kappa shape index (κ2) is 4.47. The van der Waals surface area contributed by atoms with Crippen LogP contribution in [0.1, 0.15) is 43.5 Å². The fourth-order valence-corrected chi connectivity index (χ4v) is 1.65. The molecule has 0 unspecified atom stereocenters. The molecule has 0 spiro atoms. The first-order valence-corrected chi connectivity index (χ1v) is 5.26. The van der Waals surface area contributed by atoms with Crippen molar-refractivity contribution in [2.75, 3.05) is 5.73 Å². The van der Waals surface area contributed by atoms with E-state index in [2.05, 4.69) is 26.0 Å². The maximum atomic E-state index is 6.03. The predicted octanol–water partition coefficient (Wildman–Crippen LogP) is 2.41. The highest BCUT2D eigenvalue weighted by Gasteiger charge is 2.07. The molecule has 1 aromatic rings. The molecular weight excluding hydrogens is 172 g/mol. The van der Waals surface area contributed by atoms with Crippen LogP contribution in [-0.2, 0) is 12.8 Å². The molecule has 0 aliphatic rings. The molecule has 1 atom stereocenters. The Morgan fingerprint density at radius 1 is 1.14 bits per heavy atom. The normalized spacial score (nSPS) is 12.9. The van der Waals surface area contributed by atoms with Crippen LogP contribution < -0.4 is 11.5 Å². The van der Waals surface area contributed by atoms with Gasteiger partial charge in [0, 0.05) is 11.7 Å². The molecule has 0 saturated heterocycles. The summed E-state index contributed by atoms with van der Waals surface area (Å²) in [5.74, 6) is 0. The van der Waals surface area contributed by atoms with Gasteiger partial charge in [0.2, 0.25) is 0 Å². The molecule has 2 nitrogen and oxygen atoms in total. The van der Waals surface area contributed by atoms with Gasteiger partial charge in [0.1, 0.15) is 0 Å². The zero-order valence-electron chi connectivity index (χ0n) is 9.30. The van der Waals surface area contributed by atoms with Crippen molar-refractivity contribution in [1.29, 1.82) is 0 Å². The van der Waals surface area contributed by atoms with Gasteiger partial charge in [-0.1, -0.05) is 26.0 Å². The van der Waals surface area contributed by atoms with Gasteiger partial charge in [-0.3, -0.25) is 0 Å². The number of anilines is 1. The second-order valence-corrected chi connectivity index (χ2v) is 3.75. The van der Waals surface area contributed by atoms with Gasteiger partial charge in [0.25, 0.3) is 0 Å². The standard InChI is InChI=1S/C12H20N2/c1-4-9-6-11(8(3)13)7-10(5-2)12(9)14/h6-8H,4-5,13-14H2,1-3H3/t8-/m1/s1. The summed E-state index contributed by atoms with van der Waals surface area (Å²) >= 11 is 0. The molecule has 0 amide bonds. The third kappa shape index (κ3) is 2.07. The molecule has 0 aliphatic heterocycles. The molecule has 2 heteroatoms. The zero-order valence-corrected chi connectivity index (χ0v) is 9.30. The third-order valence-corrected chi connectivity index (χ3v) is 2.66. The van der Waals surface area contributed by atoms with Gasteiger partial charge in [-0.05, 0) is 36.5 Å². The number of rotatable bonds is 3. The van der Waals surface area contributed by atoms with Gasteiger partial charge < -0.3 is 11.5 Å². The fourth-order valence-electron chi connectivity index (χ4n) is 1.65.